The minimum atomic E-state index is -0.809. The van der Waals surface area contributed by atoms with Crippen LogP contribution in [0.25, 0.3) is 0 Å². The number of urea groups is 1. The molecule has 0 bridgehead atoms. The van der Waals surface area contributed by atoms with E-state index in [0.717, 1.165) is 19.4 Å². The highest BCUT2D eigenvalue weighted by atomic mass is 16.4. The van der Waals surface area contributed by atoms with Crippen LogP contribution in [0.15, 0.2) is 0 Å². The van der Waals surface area contributed by atoms with Crippen LogP contribution in [-0.2, 0) is 9.59 Å². The Morgan fingerprint density at radius 3 is 2.72 bits per heavy atom. The number of piperidine rings is 1. The Morgan fingerprint density at radius 2 is 2.11 bits per heavy atom. The van der Waals surface area contributed by atoms with Crippen molar-refractivity contribution in [2.45, 2.75) is 19.3 Å². The average molecular weight is 257 g/mol. The van der Waals surface area contributed by atoms with Gasteiger partial charge in [0, 0.05) is 20.0 Å². The van der Waals surface area contributed by atoms with Crippen molar-refractivity contribution < 1.29 is 19.5 Å². The first-order valence-corrected chi connectivity index (χ1v) is 5.97. The third-order valence-corrected chi connectivity index (χ3v) is 2.91. The highest BCUT2D eigenvalue weighted by molar-refractivity contribution is 5.95. The summed E-state index contributed by atoms with van der Waals surface area (Å²) < 4.78 is 0. The second kappa shape index (κ2) is 6.95. The first-order valence-electron chi connectivity index (χ1n) is 5.97. The fourth-order valence-electron chi connectivity index (χ4n) is 2.14. The number of carboxylic acid groups (broad SMARTS) is 1. The van der Waals surface area contributed by atoms with Crippen molar-refractivity contribution in [1.29, 1.82) is 0 Å². The van der Waals surface area contributed by atoms with Crippen molar-refractivity contribution in [3.63, 3.8) is 0 Å². The number of nitrogens with one attached hydrogen (secondary N) is 2. The van der Waals surface area contributed by atoms with Crippen LogP contribution in [0, 0.1) is 5.92 Å². The fraction of sp³-hybridized carbons (Fsp3) is 0.727. The maximum atomic E-state index is 11.5. The van der Waals surface area contributed by atoms with Crippen molar-refractivity contribution in [3.8, 4) is 0 Å². The summed E-state index contributed by atoms with van der Waals surface area (Å²) in [5.41, 5.74) is 0. The Hall–Kier alpha value is -1.63. The standard InChI is InChI=1S/C11H19N3O4/c1-12-11(18)13-9(15)7-14-4-2-3-8(6-14)5-10(16)17/h8H,2-7H2,1H3,(H,16,17)(H2,12,13,15,18). The molecular formula is C11H19N3O4. The lowest BCUT2D eigenvalue weighted by Crippen LogP contribution is -2.46. The van der Waals surface area contributed by atoms with Gasteiger partial charge in [-0.25, -0.2) is 4.79 Å². The second-order valence-corrected chi connectivity index (χ2v) is 4.47. The van der Waals surface area contributed by atoms with Crippen LogP contribution in [0.2, 0.25) is 0 Å². The molecular weight excluding hydrogens is 238 g/mol. The Balaban J connectivity index is 2.35. The molecule has 1 heterocycles. The van der Waals surface area contributed by atoms with Gasteiger partial charge in [-0.3, -0.25) is 19.8 Å². The van der Waals surface area contributed by atoms with E-state index in [-0.39, 0.29) is 24.8 Å². The molecule has 3 amide bonds. The zero-order chi connectivity index (χ0) is 13.5. The number of hydrogen-bond donors (Lipinski definition) is 3. The van der Waals surface area contributed by atoms with E-state index in [9.17, 15) is 14.4 Å². The topological polar surface area (TPSA) is 98.7 Å². The highest BCUT2D eigenvalue weighted by Crippen LogP contribution is 2.19. The van der Waals surface area contributed by atoms with Crippen LogP contribution in [0.4, 0.5) is 4.79 Å². The summed E-state index contributed by atoms with van der Waals surface area (Å²) in [5, 5.41) is 13.2. The maximum Gasteiger partial charge on any atom is 0.321 e. The van der Waals surface area contributed by atoms with Crippen LogP contribution in [0.5, 0.6) is 0 Å². The molecule has 0 aromatic carbocycles. The van der Waals surface area contributed by atoms with Gasteiger partial charge in [0.05, 0.1) is 6.54 Å². The van der Waals surface area contributed by atoms with Gasteiger partial charge in [0.1, 0.15) is 0 Å². The van der Waals surface area contributed by atoms with Gasteiger partial charge in [-0.05, 0) is 25.3 Å². The number of aliphatic carboxylic acids is 1. The lowest BCUT2D eigenvalue weighted by molar-refractivity contribution is -0.138. The number of imide groups is 1. The molecule has 0 aliphatic carbocycles. The first-order chi connectivity index (χ1) is 8.51. The molecule has 0 radical (unpaired) electrons. The molecule has 1 fully saturated rings. The molecule has 1 aliphatic rings. The molecule has 7 heteroatoms. The molecule has 0 aromatic heterocycles. The van der Waals surface area contributed by atoms with Gasteiger partial charge in [-0.15, -0.1) is 0 Å². The predicted molar refractivity (Wildman–Crippen MR) is 64.0 cm³/mol. The molecule has 1 unspecified atom stereocenters. The van der Waals surface area contributed by atoms with Crippen LogP contribution >= 0.6 is 0 Å². The monoisotopic (exact) mass is 257 g/mol. The van der Waals surface area contributed by atoms with E-state index in [2.05, 4.69) is 10.6 Å². The van der Waals surface area contributed by atoms with E-state index < -0.39 is 12.0 Å². The van der Waals surface area contributed by atoms with Crippen LogP contribution in [0.3, 0.4) is 0 Å². The summed E-state index contributed by atoms with van der Waals surface area (Å²) in [6, 6.07) is -0.529. The molecule has 1 atom stereocenters. The zero-order valence-electron chi connectivity index (χ0n) is 10.4. The van der Waals surface area contributed by atoms with Gasteiger partial charge in [0.2, 0.25) is 5.91 Å². The summed E-state index contributed by atoms with van der Waals surface area (Å²) in [4.78, 5) is 34.9. The number of likely N-dealkylation sites (tertiary alicyclic amines) is 1. The quantitative estimate of drug-likeness (QED) is 0.638. The third kappa shape index (κ3) is 5.13. The molecule has 1 rings (SSSR count). The lowest BCUT2D eigenvalue weighted by atomic mass is 9.95. The SMILES string of the molecule is CNC(=O)NC(=O)CN1CCCC(CC(=O)O)C1. The predicted octanol–water partition coefficient (Wildman–Crippen LogP) is -0.371. The van der Waals surface area contributed by atoms with E-state index in [1.807, 2.05) is 4.90 Å². The summed E-state index contributed by atoms with van der Waals surface area (Å²) in [7, 11) is 1.44. The Morgan fingerprint density at radius 1 is 1.39 bits per heavy atom. The van der Waals surface area contributed by atoms with Crippen molar-refractivity contribution in [1.82, 2.24) is 15.5 Å². The highest BCUT2D eigenvalue weighted by Gasteiger charge is 2.23. The molecule has 1 aliphatic heterocycles. The number of carbonyl (C=O) groups is 3. The van der Waals surface area contributed by atoms with Crippen LogP contribution < -0.4 is 10.6 Å². The van der Waals surface area contributed by atoms with Gasteiger partial charge in [0.15, 0.2) is 0 Å². The number of carbonyl (C=O) groups excluding carboxylic acids is 2. The average Bonchev–Trinajstić information content (AvgIpc) is 2.28. The molecule has 0 saturated carbocycles. The Labute approximate surface area is 106 Å². The molecule has 0 aromatic rings. The smallest absolute Gasteiger partial charge is 0.321 e. The summed E-state index contributed by atoms with van der Waals surface area (Å²) >= 11 is 0. The minimum absolute atomic E-state index is 0.0871. The van der Waals surface area contributed by atoms with Gasteiger partial charge in [-0.2, -0.15) is 0 Å². The molecule has 102 valence electrons. The van der Waals surface area contributed by atoms with Gasteiger partial charge < -0.3 is 10.4 Å². The molecule has 3 N–H and O–H groups in total. The number of hydrogen-bond acceptors (Lipinski definition) is 4. The van der Waals surface area contributed by atoms with Gasteiger partial charge >= 0.3 is 12.0 Å². The Bertz CT molecular complexity index is 332. The summed E-state index contributed by atoms with van der Waals surface area (Å²) in [6.07, 6.45) is 1.89. The van der Waals surface area contributed by atoms with E-state index in [0.29, 0.717) is 6.54 Å². The number of amides is 3. The third-order valence-electron chi connectivity index (χ3n) is 2.91. The first kappa shape index (κ1) is 14.4. The lowest BCUT2D eigenvalue weighted by Gasteiger charge is -2.31. The number of rotatable bonds is 4. The normalized spacial score (nSPS) is 20.2. The molecule has 7 nitrogen and oxygen atoms in total. The van der Waals surface area contributed by atoms with E-state index >= 15 is 0 Å². The summed E-state index contributed by atoms with van der Waals surface area (Å²) in [5.74, 6) is -1.09. The van der Waals surface area contributed by atoms with E-state index in [1.165, 1.54) is 7.05 Å². The second-order valence-electron chi connectivity index (χ2n) is 4.47. The zero-order valence-corrected chi connectivity index (χ0v) is 10.4. The number of nitrogens with zero attached hydrogens (tertiary/aromatic N) is 1. The van der Waals surface area contributed by atoms with Crippen molar-refractivity contribution in [3.05, 3.63) is 0 Å². The maximum absolute atomic E-state index is 11.5. The number of carboxylic acids is 1. The van der Waals surface area contributed by atoms with Gasteiger partial charge in [0.25, 0.3) is 0 Å². The van der Waals surface area contributed by atoms with Crippen LogP contribution in [-0.4, -0.2) is 54.6 Å². The summed E-state index contributed by atoms with van der Waals surface area (Å²) in [6.45, 7) is 1.48. The largest absolute Gasteiger partial charge is 0.481 e. The minimum Gasteiger partial charge on any atom is -0.481 e. The van der Waals surface area contributed by atoms with E-state index in [1.54, 1.807) is 0 Å². The molecule has 1 saturated heterocycles. The molecule has 0 spiro atoms. The van der Waals surface area contributed by atoms with Gasteiger partial charge in [-0.1, -0.05) is 0 Å². The van der Waals surface area contributed by atoms with Crippen LogP contribution in [0.1, 0.15) is 19.3 Å². The Kier molecular flexibility index (Phi) is 5.57. The van der Waals surface area contributed by atoms with E-state index in [4.69, 9.17) is 5.11 Å². The van der Waals surface area contributed by atoms with Crippen molar-refractivity contribution in [2.24, 2.45) is 5.92 Å². The molecule has 18 heavy (non-hydrogen) atoms. The van der Waals surface area contributed by atoms with Crippen molar-refractivity contribution >= 4 is 17.9 Å². The fourth-order valence-corrected chi connectivity index (χ4v) is 2.14. The van der Waals surface area contributed by atoms with Crippen molar-refractivity contribution in [2.75, 3.05) is 26.7 Å².